The number of halogens is 2. The largest absolute Gasteiger partial charge is 0.439 e. The van der Waals surface area contributed by atoms with Crippen LogP contribution in [0.15, 0.2) is 47.1 Å². The number of ether oxygens (including phenoxy) is 1. The highest BCUT2D eigenvalue weighted by atomic mass is 79.9. The van der Waals surface area contributed by atoms with E-state index in [1.807, 2.05) is 6.07 Å². The lowest BCUT2D eigenvalue weighted by Gasteiger charge is -2.05. The zero-order valence-electron chi connectivity index (χ0n) is 8.56. The molecule has 0 aliphatic rings. The third kappa shape index (κ3) is 3.28. The SMILES string of the molecule is O=C(Cl)c1cccc(Oc2cccc(Br)n2)c1. The van der Waals surface area contributed by atoms with Gasteiger partial charge in [-0.1, -0.05) is 12.1 Å². The lowest BCUT2D eigenvalue weighted by Crippen LogP contribution is -1.91. The molecule has 86 valence electrons. The molecule has 1 aromatic heterocycles. The highest BCUT2D eigenvalue weighted by Gasteiger charge is 2.04. The van der Waals surface area contributed by atoms with Gasteiger partial charge < -0.3 is 4.74 Å². The molecule has 0 saturated carbocycles. The number of carbonyl (C=O) groups excluding carboxylic acids is 1. The Morgan fingerprint density at radius 1 is 1.24 bits per heavy atom. The Labute approximate surface area is 112 Å². The number of carbonyl (C=O) groups is 1. The maximum Gasteiger partial charge on any atom is 0.252 e. The van der Waals surface area contributed by atoms with Crippen molar-refractivity contribution in [2.45, 2.75) is 0 Å². The van der Waals surface area contributed by atoms with Gasteiger partial charge in [0.25, 0.3) is 5.24 Å². The summed E-state index contributed by atoms with van der Waals surface area (Å²) in [6.45, 7) is 0. The lowest BCUT2D eigenvalue weighted by atomic mass is 10.2. The summed E-state index contributed by atoms with van der Waals surface area (Å²) in [5, 5.41) is -0.516. The van der Waals surface area contributed by atoms with E-state index in [0.29, 0.717) is 21.8 Å². The zero-order valence-corrected chi connectivity index (χ0v) is 10.9. The quantitative estimate of drug-likeness (QED) is 0.635. The van der Waals surface area contributed by atoms with Crippen molar-refractivity contribution >= 4 is 32.8 Å². The predicted molar refractivity (Wildman–Crippen MR) is 68.6 cm³/mol. The lowest BCUT2D eigenvalue weighted by molar-refractivity contribution is 0.108. The first kappa shape index (κ1) is 12.1. The monoisotopic (exact) mass is 311 g/mol. The molecule has 2 aromatic rings. The third-order valence-electron chi connectivity index (χ3n) is 1.97. The average Bonchev–Trinajstić information content (AvgIpc) is 2.29. The summed E-state index contributed by atoms with van der Waals surface area (Å²) in [5.41, 5.74) is 0.388. The third-order valence-corrected chi connectivity index (χ3v) is 2.63. The second kappa shape index (κ2) is 5.29. The molecule has 0 saturated heterocycles. The van der Waals surface area contributed by atoms with Gasteiger partial charge >= 0.3 is 0 Å². The number of hydrogen-bond donors (Lipinski definition) is 0. The molecule has 0 fully saturated rings. The van der Waals surface area contributed by atoms with Gasteiger partial charge in [-0.2, -0.15) is 0 Å². The van der Waals surface area contributed by atoms with Gasteiger partial charge in [0.15, 0.2) is 0 Å². The standard InChI is InChI=1S/C12H7BrClNO2/c13-10-5-2-6-11(15-10)17-9-4-1-3-8(7-9)12(14)16/h1-7H. The molecule has 0 bridgehead atoms. The topological polar surface area (TPSA) is 39.2 Å². The van der Waals surface area contributed by atoms with Crippen LogP contribution in [0.2, 0.25) is 0 Å². The Kier molecular flexibility index (Phi) is 3.76. The van der Waals surface area contributed by atoms with Gasteiger partial charge in [0.05, 0.1) is 0 Å². The van der Waals surface area contributed by atoms with E-state index in [-0.39, 0.29) is 0 Å². The molecule has 5 heteroatoms. The van der Waals surface area contributed by atoms with Crippen molar-refractivity contribution in [1.29, 1.82) is 0 Å². The summed E-state index contributed by atoms with van der Waals surface area (Å²) >= 11 is 8.63. The van der Waals surface area contributed by atoms with Crippen LogP contribution in [-0.2, 0) is 0 Å². The molecule has 2 rings (SSSR count). The van der Waals surface area contributed by atoms with Gasteiger partial charge in [-0.25, -0.2) is 4.98 Å². The van der Waals surface area contributed by atoms with Crippen LogP contribution in [-0.4, -0.2) is 10.2 Å². The first-order valence-electron chi connectivity index (χ1n) is 4.75. The minimum absolute atomic E-state index is 0.388. The fraction of sp³-hybridized carbons (Fsp3) is 0. The van der Waals surface area contributed by atoms with E-state index in [2.05, 4.69) is 20.9 Å². The van der Waals surface area contributed by atoms with E-state index in [4.69, 9.17) is 16.3 Å². The normalized spacial score (nSPS) is 10.0. The number of hydrogen-bond acceptors (Lipinski definition) is 3. The van der Waals surface area contributed by atoms with Gasteiger partial charge in [0, 0.05) is 11.6 Å². The Bertz CT molecular complexity index is 560. The molecule has 1 aromatic carbocycles. The van der Waals surface area contributed by atoms with E-state index >= 15 is 0 Å². The van der Waals surface area contributed by atoms with Crippen molar-refractivity contribution in [3.63, 3.8) is 0 Å². The van der Waals surface area contributed by atoms with Crippen LogP contribution >= 0.6 is 27.5 Å². The van der Waals surface area contributed by atoms with Crippen molar-refractivity contribution in [2.75, 3.05) is 0 Å². The molecule has 0 aliphatic carbocycles. The second-order valence-electron chi connectivity index (χ2n) is 3.20. The minimum Gasteiger partial charge on any atom is -0.439 e. The van der Waals surface area contributed by atoms with E-state index in [1.165, 1.54) is 0 Å². The average molecular weight is 313 g/mol. The van der Waals surface area contributed by atoms with Crippen molar-refractivity contribution < 1.29 is 9.53 Å². The summed E-state index contributed by atoms with van der Waals surface area (Å²) in [7, 11) is 0. The molecule has 0 radical (unpaired) electrons. The highest BCUT2D eigenvalue weighted by molar-refractivity contribution is 9.10. The Balaban J connectivity index is 2.24. The molecule has 0 aliphatic heterocycles. The van der Waals surface area contributed by atoms with Gasteiger partial charge in [-0.15, -0.1) is 0 Å². The molecular formula is C12H7BrClNO2. The maximum atomic E-state index is 11.0. The molecule has 0 atom stereocenters. The smallest absolute Gasteiger partial charge is 0.252 e. The number of nitrogens with zero attached hydrogens (tertiary/aromatic N) is 1. The number of aromatic nitrogens is 1. The van der Waals surface area contributed by atoms with Crippen molar-refractivity contribution in [2.24, 2.45) is 0 Å². The van der Waals surface area contributed by atoms with Gasteiger partial charge in [-0.3, -0.25) is 4.79 Å². The van der Waals surface area contributed by atoms with Crippen molar-refractivity contribution in [1.82, 2.24) is 4.98 Å². The summed E-state index contributed by atoms with van der Waals surface area (Å²) in [4.78, 5) is 15.1. The first-order valence-corrected chi connectivity index (χ1v) is 5.92. The summed E-state index contributed by atoms with van der Waals surface area (Å²) in [6.07, 6.45) is 0. The number of benzene rings is 1. The van der Waals surface area contributed by atoms with Crippen LogP contribution in [0.25, 0.3) is 0 Å². The Morgan fingerprint density at radius 3 is 2.71 bits per heavy atom. The minimum atomic E-state index is -0.516. The molecule has 0 spiro atoms. The van der Waals surface area contributed by atoms with Crippen LogP contribution in [0, 0.1) is 0 Å². The summed E-state index contributed by atoms with van der Waals surface area (Å²) in [5.74, 6) is 0.959. The van der Waals surface area contributed by atoms with Crippen molar-refractivity contribution in [3.05, 3.63) is 52.6 Å². The Hall–Kier alpha value is -1.39. The van der Waals surface area contributed by atoms with Gasteiger partial charge in [0.2, 0.25) is 5.88 Å². The molecule has 0 unspecified atom stereocenters. The van der Waals surface area contributed by atoms with Crippen LogP contribution in [0.5, 0.6) is 11.6 Å². The van der Waals surface area contributed by atoms with Crippen molar-refractivity contribution in [3.8, 4) is 11.6 Å². The van der Waals surface area contributed by atoms with Crippen LogP contribution < -0.4 is 4.74 Å². The molecule has 0 N–H and O–H groups in total. The Morgan fingerprint density at radius 2 is 2.00 bits per heavy atom. The van der Waals surface area contributed by atoms with Crippen LogP contribution in [0.1, 0.15) is 10.4 Å². The summed E-state index contributed by atoms with van der Waals surface area (Å²) < 4.78 is 6.18. The van der Waals surface area contributed by atoms with E-state index in [0.717, 1.165) is 0 Å². The summed E-state index contributed by atoms with van der Waals surface area (Å²) in [6, 6.07) is 11.9. The van der Waals surface area contributed by atoms with E-state index in [9.17, 15) is 4.79 Å². The number of rotatable bonds is 3. The second-order valence-corrected chi connectivity index (χ2v) is 4.36. The fourth-order valence-electron chi connectivity index (χ4n) is 1.25. The molecule has 0 amide bonds. The molecule has 17 heavy (non-hydrogen) atoms. The van der Waals surface area contributed by atoms with E-state index in [1.54, 1.807) is 36.4 Å². The maximum absolute atomic E-state index is 11.0. The molecular weight excluding hydrogens is 305 g/mol. The van der Waals surface area contributed by atoms with Crippen LogP contribution in [0.3, 0.4) is 0 Å². The number of pyridine rings is 1. The highest BCUT2D eigenvalue weighted by Crippen LogP contribution is 2.22. The fourth-order valence-corrected chi connectivity index (χ4v) is 1.69. The zero-order chi connectivity index (χ0) is 12.3. The molecule has 1 heterocycles. The van der Waals surface area contributed by atoms with Gasteiger partial charge in [0.1, 0.15) is 10.4 Å². The van der Waals surface area contributed by atoms with Gasteiger partial charge in [-0.05, 0) is 51.8 Å². The first-order chi connectivity index (χ1) is 8.15. The van der Waals surface area contributed by atoms with Crippen LogP contribution in [0.4, 0.5) is 0 Å². The predicted octanol–water partition coefficient (Wildman–Crippen LogP) is 4.02. The molecule has 3 nitrogen and oxygen atoms in total. The van der Waals surface area contributed by atoms with E-state index < -0.39 is 5.24 Å².